The zero-order valence-electron chi connectivity index (χ0n) is 10.5. The van der Waals surface area contributed by atoms with Crippen LogP contribution < -0.4 is 21.7 Å². The van der Waals surface area contributed by atoms with E-state index in [1.54, 1.807) is 0 Å². The van der Waals surface area contributed by atoms with Crippen LogP contribution in [0.5, 0.6) is 0 Å². The largest absolute Gasteiger partial charge is 0.330 e. The first-order valence-electron chi connectivity index (χ1n) is 5.93. The molecule has 4 nitrogen and oxygen atoms in total. The third-order valence-corrected chi connectivity index (χ3v) is 1.99. The van der Waals surface area contributed by atoms with Gasteiger partial charge in [0.1, 0.15) is 0 Å². The van der Waals surface area contributed by atoms with Gasteiger partial charge in [-0.25, -0.2) is 0 Å². The van der Waals surface area contributed by atoms with Gasteiger partial charge in [-0.05, 0) is 40.3 Å². The maximum absolute atomic E-state index is 5.39. The van der Waals surface area contributed by atoms with Crippen LogP contribution in [0.4, 0.5) is 0 Å². The molecule has 0 unspecified atom stereocenters. The van der Waals surface area contributed by atoms with Crippen LogP contribution in [0.3, 0.4) is 0 Å². The molecule has 0 aliphatic heterocycles. The first-order chi connectivity index (χ1) is 7.06. The van der Waals surface area contributed by atoms with Gasteiger partial charge in [-0.15, -0.1) is 0 Å². The molecule has 0 aromatic rings. The van der Waals surface area contributed by atoms with Crippen LogP contribution in [-0.4, -0.2) is 44.8 Å². The minimum Gasteiger partial charge on any atom is -0.330 e. The highest BCUT2D eigenvalue weighted by Crippen LogP contribution is 1.95. The van der Waals surface area contributed by atoms with E-state index in [-0.39, 0.29) is 5.54 Å². The van der Waals surface area contributed by atoms with Gasteiger partial charge in [-0.1, -0.05) is 0 Å². The molecule has 0 bridgehead atoms. The average molecular weight is 216 g/mol. The molecule has 0 atom stereocenters. The van der Waals surface area contributed by atoms with Crippen molar-refractivity contribution < 1.29 is 0 Å². The first kappa shape index (κ1) is 14.8. The number of hydrogen-bond donors (Lipinski definition) is 4. The van der Waals surface area contributed by atoms with Gasteiger partial charge in [0.25, 0.3) is 0 Å². The Morgan fingerprint density at radius 1 is 0.867 bits per heavy atom. The Balaban J connectivity index is 2.99. The molecule has 0 heterocycles. The van der Waals surface area contributed by atoms with E-state index in [0.29, 0.717) is 0 Å². The second-order valence-corrected chi connectivity index (χ2v) is 4.82. The highest BCUT2D eigenvalue weighted by Gasteiger charge is 2.06. The van der Waals surface area contributed by atoms with E-state index in [1.165, 1.54) is 0 Å². The molecule has 0 aliphatic carbocycles. The Labute approximate surface area is 94.4 Å². The summed E-state index contributed by atoms with van der Waals surface area (Å²) in [5, 5.41) is 10.1. The zero-order valence-corrected chi connectivity index (χ0v) is 10.5. The van der Waals surface area contributed by atoms with Crippen LogP contribution in [0, 0.1) is 0 Å². The lowest BCUT2D eigenvalue weighted by molar-refractivity contribution is 0.421. The third kappa shape index (κ3) is 13.8. The maximum atomic E-state index is 5.39. The van der Waals surface area contributed by atoms with Crippen molar-refractivity contribution in [2.24, 2.45) is 5.73 Å². The molecule has 0 saturated heterocycles. The van der Waals surface area contributed by atoms with Gasteiger partial charge < -0.3 is 21.7 Å². The Morgan fingerprint density at radius 3 is 1.93 bits per heavy atom. The summed E-state index contributed by atoms with van der Waals surface area (Å²) in [5.41, 5.74) is 5.61. The minimum atomic E-state index is 0.223. The van der Waals surface area contributed by atoms with Gasteiger partial charge in [-0.2, -0.15) is 0 Å². The number of nitrogens with two attached hydrogens (primary N) is 1. The molecule has 0 amide bonds. The van der Waals surface area contributed by atoms with Crippen LogP contribution in [0.15, 0.2) is 0 Å². The number of nitrogens with one attached hydrogen (secondary N) is 3. The maximum Gasteiger partial charge on any atom is 0.00970 e. The summed E-state index contributed by atoms with van der Waals surface area (Å²) in [6.45, 7) is 12.4. The molecule has 0 radical (unpaired) electrons. The molecule has 0 saturated carbocycles. The standard InChI is InChI=1S/C11H28N4/c1-11(2,3)15-10-9-14-8-7-13-6-4-5-12/h13-15H,4-10,12H2,1-3H3. The topological polar surface area (TPSA) is 62.1 Å². The fraction of sp³-hybridized carbons (Fsp3) is 1.00. The zero-order chi connectivity index (χ0) is 11.6. The van der Waals surface area contributed by atoms with Crippen molar-refractivity contribution in [3.05, 3.63) is 0 Å². The average Bonchev–Trinajstić information content (AvgIpc) is 2.14. The summed E-state index contributed by atoms with van der Waals surface area (Å²) in [5.74, 6) is 0. The van der Waals surface area contributed by atoms with Crippen molar-refractivity contribution in [3.63, 3.8) is 0 Å². The van der Waals surface area contributed by atoms with Crippen molar-refractivity contribution >= 4 is 0 Å². The van der Waals surface area contributed by atoms with Gasteiger partial charge in [-0.3, -0.25) is 0 Å². The van der Waals surface area contributed by atoms with E-state index in [9.17, 15) is 0 Å². The van der Waals surface area contributed by atoms with Crippen molar-refractivity contribution in [3.8, 4) is 0 Å². The molecule has 0 aromatic carbocycles. The molecular weight excluding hydrogens is 188 g/mol. The molecule has 0 spiro atoms. The van der Waals surface area contributed by atoms with Crippen LogP contribution in [0.25, 0.3) is 0 Å². The lowest BCUT2D eigenvalue weighted by Crippen LogP contribution is -2.41. The summed E-state index contributed by atoms with van der Waals surface area (Å²) in [6.07, 6.45) is 1.06. The molecule has 0 aromatic heterocycles. The molecule has 5 N–H and O–H groups in total. The van der Waals surface area contributed by atoms with Crippen molar-refractivity contribution in [2.75, 3.05) is 39.3 Å². The summed E-state index contributed by atoms with van der Waals surface area (Å²) in [6, 6.07) is 0. The third-order valence-electron chi connectivity index (χ3n) is 1.99. The van der Waals surface area contributed by atoms with E-state index < -0.39 is 0 Å². The minimum absolute atomic E-state index is 0.223. The SMILES string of the molecule is CC(C)(C)NCCNCCNCCCN. The van der Waals surface area contributed by atoms with Crippen molar-refractivity contribution in [2.45, 2.75) is 32.7 Å². The number of rotatable bonds is 9. The lowest BCUT2D eigenvalue weighted by Gasteiger charge is -2.20. The molecule has 15 heavy (non-hydrogen) atoms. The highest BCUT2D eigenvalue weighted by molar-refractivity contribution is 4.70. The predicted octanol–water partition coefficient (Wildman–Crippen LogP) is -0.0975. The molecular formula is C11H28N4. The molecule has 92 valence electrons. The van der Waals surface area contributed by atoms with Gasteiger partial charge in [0, 0.05) is 31.7 Å². The van der Waals surface area contributed by atoms with Crippen LogP contribution in [0.1, 0.15) is 27.2 Å². The summed E-state index contributed by atoms with van der Waals surface area (Å²) in [7, 11) is 0. The molecule has 0 aliphatic rings. The van der Waals surface area contributed by atoms with Crippen molar-refractivity contribution in [1.29, 1.82) is 0 Å². The van der Waals surface area contributed by atoms with E-state index in [0.717, 1.165) is 45.7 Å². The van der Waals surface area contributed by atoms with Crippen molar-refractivity contribution in [1.82, 2.24) is 16.0 Å². The van der Waals surface area contributed by atoms with Crippen LogP contribution in [-0.2, 0) is 0 Å². The quantitative estimate of drug-likeness (QED) is 0.407. The van der Waals surface area contributed by atoms with Gasteiger partial charge >= 0.3 is 0 Å². The Morgan fingerprint density at radius 2 is 1.40 bits per heavy atom. The normalized spacial score (nSPS) is 12.0. The van der Waals surface area contributed by atoms with Crippen LogP contribution in [0.2, 0.25) is 0 Å². The predicted molar refractivity (Wildman–Crippen MR) is 67.2 cm³/mol. The van der Waals surface area contributed by atoms with E-state index in [4.69, 9.17) is 5.73 Å². The second kappa shape index (κ2) is 9.09. The van der Waals surface area contributed by atoms with Gasteiger partial charge in [0.15, 0.2) is 0 Å². The Hall–Kier alpha value is -0.160. The van der Waals surface area contributed by atoms with Crippen LogP contribution >= 0.6 is 0 Å². The smallest absolute Gasteiger partial charge is 0.00970 e. The van der Waals surface area contributed by atoms with E-state index >= 15 is 0 Å². The lowest BCUT2D eigenvalue weighted by atomic mass is 10.1. The fourth-order valence-corrected chi connectivity index (χ4v) is 1.18. The molecule has 0 rings (SSSR count). The van der Waals surface area contributed by atoms with E-state index in [1.807, 2.05) is 0 Å². The summed E-state index contributed by atoms with van der Waals surface area (Å²) < 4.78 is 0. The van der Waals surface area contributed by atoms with E-state index in [2.05, 4.69) is 36.7 Å². The Kier molecular flexibility index (Phi) is 9.00. The molecule has 4 heteroatoms. The second-order valence-electron chi connectivity index (χ2n) is 4.82. The Bertz CT molecular complexity index is 131. The molecule has 0 fully saturated rings. The fourth-order valence-electron chi connectivity index (χ4n) is 1.18. The summed E-state index contributed by atoms with van der Waals surface area (Å²) >= 11 is 0. The number of hydrogen-bond acceptors (Lipinski definition) is 4. The van der Waals surface area contributed by atoms with Gasteiger partial charge in [0.05, 0.1) is 0 Å². The van der Waals surface area contributed by atoms with Gasteiger partial charge in [0.2, 0.25) is 0 Å². The summed E-state index contributed by atoms with van der Waals surface area (Å²) in [4.78, 5) is 0. The monoisotopic (exact) mass is 216 g/mol. The first-order valence-corrected chi connectivity index (χ1v) is 5.93. The highest BCUT2D eigenvalue weighted by atomic mass is 15.0.